The van der Waals surface area contributed by atoms with Crippen molar-refractivity contribution >= 4 is 24.0 Å². The number of pyridine rings is 1. The van der Waals surface area contributed by atoms with Crippen molar-refractivity contribution in [3.05, 3.63) is 29.0 Å². The summed E-state index contributed by atoms with van der Waals surface area (Å²) in [5.74, 6) is 0.665. The number of halogens is 2. The molecule has 2 saturated heterocycles. The Morgan fingerprint density at radius 2 is 2.20 bits per heavy atom. The topological polar surface area (TPSA) is 24.9 Å². The van der Waals surface area contributed by atoms with Crippen molar-refractivity contribution in [2.75, 3.05) is 0 Å². The Bertz CT molecular complexity index is 339. The third-order valence-corrected chi connectivity index (χ3v) is 3.70. The van der Waals surface area contributed by atoms with Crippen molar-refractivity contribution in [2.24, 2.45) is 0 Å². The molecule has 82 valence electrons. The van der Waals surface area contributed by atoms with Gasteiger partial charge in [0.25, 0.3) is 0 Å². The van der Waals surface area contributed by atoms with E-state index in [1.54, 1.807) is 0 Å². The fourth-order valence-electron chi connectivity index (χ4n) is 2.80. The first-order valence-electron chi connectivity index (χ1n) is 5.20. The molecule has 2 aliphatic heterocycles. The summed E-state index contributed by atoms with van der Waals surface area (Å²) < 4.78 is 0. The molecule has 3 heterocycles. The second-order valence-corrected chi connectivity index (χ2v) is 4.69. The summed E-state index contributed by atoms with van der Waals surface area (Å²) >= 11 is 5.77. The second-order valence-electron chi connectivity index (χ2n) is 4.30. The third-order valence-electron chi connectivity index (χ3n) is 3.48. The van der Waals surface area contributed by atoms with Gasteiger partial charge >= 0.3 is 0 Å². The van der Waals surface area contributed by atoms with E-state index in [-0.39, 0.29) is 12.4 Å². The SMILES string of the molecule is Cl.Clc1ccc([C@@H]2CC3CC[C@H]2N3)cn1. The van der Waals surface area contributed by atoms with Gasteiger partial charge in [-0.15, -0.1) is 12.4 Å². The average molecular weight is 245 g/mol. The molecule has 1 aromatic heterocycles. The largest absolute Gasteiger partial charge is 0.311 e. The molecule has 2 fully saturated rings. The zero-order valence-electron chi connectivity index (χ0n) is 8.32. The average Bonchev–Trinajstić information content (AvgIpc) is 2.80. The van der Waals surface area contributed by atoms with Crippen LogP contribution < -0.4 is 5.32 Å². The van der Waals surface area contributed by atoms with Gasteiger partial charge in [-0.1, -0.05) is 17.7 Å². The molecule has 0 amide bonds. The maximum absolute atomic E-state index is 5.77. The number of fused-ring (bicyclic) bond motifs is 2. The molecule has 0 radical (unpaired) electrons. The molecule has 1 aromatic rings. The lowest BCUT2D eigenvalue weighted by Crippen LogP contribution is -2.21. The number of hydrogen-bond acceptors (Lipinski definition) is 2. The van der Waals surface area contributed by atoms with E-state index < -0.39 is 0 Å². The summed E-state index contributed by atoms with van der Waals surface area (Å²) in [5, 5.41) is 4.22. The van der Waals surface area contributed by atoms with E-state index in [9.17, 15) is 0 Å². The minimum Gasteiger partial charge on any atom is -0.311 e. The maximum Gasteiger partial charge on any atom is 0.129 e. The molecule has 0 aromatic carbocycles. The summed E-state index contributed by atoms with van der Waals surface area (Å²) in [5.41, 5.74) is 1.34. The molecule has 2 aliphatic rings. The van der Waals surface area contributed by atoms with Crippen LogP contribution in [0.15, 0.2) is 18.3 Å². The van der Waals surface area contributed by atoms with Crippen LogP contribution in [-0.4, -0.2) is 17.1 Å². The quantitative estimate of drug-likeness (QED) is 0.769. The van der Waals surface area contributed by atoms with E-state index in [2.05, 4.69) is 16.4 Å². The van der Waals surface area contributed by atoms with Gasteiger partial charge < -0.3 is 5.32 Å². The molecule has 4 heteroatoms. The van der Waals surface area contributed by atoms with Gasteiger partial charge in [-0.3, -0.25) is 0 Å². The van der Waals surface area contributed by atoms with Crippen LogP contribution in [0, 0.1) is 0 Å². The Labute approximate surface area is 101 Å². The van der Waals surface area contributed by atoms with Gasteiger partial charge in [-0.25, -0.2) is 4.98 Å². The predicted molar refractivity (Wildman–Crippen MR) is 63.8 cm³/mol. The zero-order valence-corrected chi connectivity index (χ0v) is 9.89. The van der Waals surface area contributed by atoms with E-state index in [4.69, 9.17) is 11.6 Å². The fraction of sp³-hybridized carbons (Fsp3) is 0.545. The molecule has 2 bridgehead atoms. The van der Waals surface area contributed by atoms with Gasteiger partial charge in [0, 0.05) is 24.2 Å². The Balaban J connectivity index is 0.000000853. The van der Waals surface area contributed by atoms with Crippen LogP contribution >= 0.6 is 24.0 Å². The van der Waals surface area contributed by atoms with Crippen LogP contribution in [0.5, 0.6) is 0 Å². The zero-order chi connectivity index (χ0) is 9.54. The van der Waals surface area contributed by atoms with E-state index in [0.717, 1.165) is 6.04 Å². The number of rotatable bonds is 1. The molecule has 15 heavy (non-hydrogen) atoms. The predicted octanol–water partition coefficient (Wildman–Crippen LogP) is 2.76. The van der Waals surface area contributed by atoms with Crippen molar-refractivity contribution in [1.29, 1.82) is 0 Å². The molecule has 2 nitrogen and oxygen atoms in total. The number of aromatic nitrogens is 1. The van der Waals surface area contributed by atoms with Gasteiger partial charge in [0.1, 0.15) is 5.15 Å². The highest BCUT2D eigenvalue weighted by Gasteiger charge is 2.39. The van der Waals surface area contributed by atoms with Gasteiger partial charge in [-0.05, 0) is 30.9 Å². The van der Waals surface area contributed by atoms with Crippen molar-refractivity contribution in [2.45, 2.75) is 37.3 Å². The Morgan fingerprint density at radius 1 is 1.33 bits per heavy atom. The summed E-state index contributed by atoms with van der Waals surface area (Å²) in [6.45, 7) is 0. The number of nitrogens with zero attached hydrogens (tertiary/aromatic N) is 1. The molecule has 3 atom stereocenters. The van der Waals surface area contributed by atoms with Crippen molar-refractivity contribution < 1.29 is 0 Å². The lowest BCUT2D eigenvalue weighted by molar-refractivity contribution is 0.505. The molecule has 0 saturated carbocycles. The Morgan fingerprint density at radius 3 is 2.73 bits per heavy atom. The monoisotopic (exact) mass is 244 g/mol. The highest BCUT2D eigenvalue weighted by molar-refractivity contribution is 6.29. The second kappa shape index (κ2) is 4.28. The van der Waals surface area contributed by atoms with Crippen LogP contribution in [0.25, 0.3) is 0 Å². The third kappa shape index (κ3) is 1.99. The Kier molecular flexibility index (Phi) is 3.19. The van der Waals surface area contributed by atoms with E-state index in [1.165, 1.54) is 24.8 Å². The number of hydrogen-bond donors (Lipinski definition) is 1. The molecule has 3 rings (SSSR count). The molecular weight excluding hydrogens is 231 g/mol. The lowest BCUT2D eigenvalue weighted by atomic mass is 9.85. The fourth-order valence-corrected chi connectivity index (χ4v) is 2.91. The van der Waals surface area contributed by atoms with E-state index in [0.29, 0.717) is 17.1 Å². The molecule has 1 unspecified atom stereocenters. The normalized spacial score (nSPS) is 32.7. The standard InChI is InChI=1S/C11H13ClN2.ClH/c12-11-4-1-7(6-13-11)9-5-8-2-3-10(9)14-8;/h1,4,6,8-10,14H,2-3,5H2;1H/t8?,9-,10+;/m0./s1. The molecule has 0 spiro atoms. The lowest BCUT2D eigenvalue weighted by Gasteiger charge is -2.19. The van der Waals surface area contributed by atoms with Gasteiger partial charge in [0.2, 0.25) is 0 Å². The molecule has 1 N–H and O–H groups in total. The number of nitrogens with one attached hydrogen (secondary N) is 1. The minimum absolute atomic E-state index is 0. The summed E-state index contributed by atoms with van der Waals surface area (Å²) in [4.78, 5) is 4.14. The van der Waals surface area contributed by atoms with E-state index >= 15 is 0 Å². The maximum atomic E-state index is 5.77. The van der Waals surface area contributed by atoms with Crippen molar-refractivity contribution in [3.8, 4) is 0 Å². The first-order valence-corrected chi connectivity index (χ1v) is 5.58. The summed E-state index contributed by atoms with van der Waals surface area (Å²) in [6.07, 6.45) is 5.86. The summed E-state index contributed by atoms with van der Waals surface area (Å²) in [6, 6.07) is 5.44. The minimum atomic E-state index is 0. The Hall–Kier alpha value is -0.310. The van der Waals surface area contributed by atoms with Crippen molar-refractivity contribution in [3.63, 3.8) is 0 Å². The highest BCUT2D eigenvalue weighted by atomic mass is 35.5. The first kappa shape index (κ1) is 11.2. The summed E-state index contributed by atoms with van der Waals surface area (Å²) in [7, 11) is 0. The van der Waals surface area contributed by atoms with Crippen LogP contribution in [-0.2, 0) is 0 Å². The molecule has 0 aliphatic carbocycles. The smallest absolute Gasteiger partial charge is 0.129 e. The van der Waals surface area contributed by atoms with Gasteiger partial charge in [-0.2, -0.15) is 0 Å². The van der Waals surface area contributed by atoms with Gasteiger partial charge in [0.05, 0.1) is 0 Å². The molecular formula is C11H14Cl2N2. The van der Waals surface area contributed by atoms with Crippen LogP contribution in [0.1, 0.15) is 30.7 Å². The van der Waals surface area contributed by atoms with Crippen LogP contribution in [0.3, 0.4) is 0 Å². The van der Waals surface area contributed by atoms with E-state index in [1.807, 2.05) is 12.3 Å². The van der Waals surface area contributed by atoms with Gasteiger partial charge in [0.15, 0.2) is 0 Å². The van der Waals surface area contributed by atoms with Crippen LogP contribution in [0.2, 0.25) is 5.15 Å². The van der Waals surface area contributed by atoms with Crippen LogP contribution in [0.4, 0.5) is 0 Å². The first-order chi connectivity index (χ1) is 6.83. The van der Waals surface area contributed by atoms with Crippen molar-refractivity contribution in [1.82, 2.24) is 10.3 Å². The highest BCUT2D eigenvalue weighted by Crippen LogP contribution is 2.39.